The molecule has 0 aromatic carbocycles. The van der Waals surface area contributed by atoms with Gasteiger partial charge in [0.25, 0.3) is 0 Å². The third-order valence-corrected chi connectivity index (χ3v) is 10.5. The van der Waals surface area contributed by atoms with Gasteiger partial charge in [-0.25, -0.2) is 4.57 Å². The fraction of sp³-hybridized carbons (Fsp3) is 0.864. The molecule has 0 aromatic heterocycles. The minimum absolute atomic E-state index is 0.0542. The molecule has 0 heterocycles. The summed E-state index contributed by atoms with van der Waals surface area (Å²) in [5.74, 6) is -0.820. The van der Waals surface area contributed by atoms with E-state index in [1.807, 2.05) is 0 Å². The molecule has 0 radical (unpaired) electrons. The summed E-state index contributed by atoms with van der Waals surface area (Å²) >= 11 is 0. The SMILES string of the molecule is CCCCCCCC/C=C\CCCCCCCC(=O)OCC(COP(=O)(O)OCCCCCN)OC(=O)CCCCCCC/C=C\CCCCCCCC. The Morgan fingerprint density at radius 2 is 0.944 bits per heavy atom. The summed E-state index contributed by atoms with van der Waals surface area (Å²) in [5.41, 5.74) is 5.49. The Morgan fingerprint density at radius 3 is 1.41 bits per heavy atom. The van der Waals surface area contributed by atoms with Gasteiger partial charge in [-0.3, -0.25) is 18.6 Å². The van der Waals surface area contributed by atoms with Gasteiger partial charge in [-0.2, -0.15) is 0 Å². The Labute approximate surface area is 332 Å². The minimum atomic E-state index is -4.36. The van der Waals surface area contributed by atoms with Crippen LogP contribution >= 0.6 is 7.82 Å². The van der Waals surface area contributed by atoms with Crippen molar-refractivity contribution in [3.8, 4) is 0 Å². The number of allylic oxidation sites excluding steroid dienone is 4. The number of phosphoric acid groups is 1. The van der Waals surface area contributed by atoms with Crippen LogP contribution in [0.2, 0.25) is 0 Å². The molecule has 2 unspecified atom stereocenters. The average Bonchev–Trinajstić information content (AvgIpc) is 3.15. The molecule has 0 aliphatic rings. The van der Waals surface area contributed by atoms with E-state index in [0.717, 1.165) is 83.5 Å². The number of hydrogen-bond acceptors (Lipinski definition) is 8. The minimum Gasteiger partial charge on any atom is -0.462 e. The van der Waals surface area contributed by atoms with Gasteiger partial charge in [0.05, 0.1) is 13.2 Å². The largest absolute Gasteiger partial charge is 0.472 e. The molecule has 9 nitrogen and oxygen atoms in total. The second kappa shape index (κ2) is 41.1. The molecule has 0 rings (SSSR count). The van der Waals surface area contributed by atoms with Crippen molar-refractivity contribution in [1.82, 2.24) is 0 Å². The van der Waals surface area contributed by atoms with Crippen LogP contribution in [0.4, 0.5) is 0 Å². The first-order valence-corrected chi connectivity index (χ1v) is 23.8. The first-order valence-electron chi connectivity index (χ1n) is 22.3. The van der Waals surface area contributed by atoms with Crippen molar-refractivity contribution in [2.75, 3.05) is 26.4 Å². The van der Waals surface area contributed by atoms with Crippen LogP contribution in [0.15, 0.2) is 24.3 Å². The lowest BCUT2D eigenvalue weighted by molar-refractivity contribution is -0.161. The molecule has 318 valence electrons. The molecular weight excluding hydrogens is 701 g/mol. The smallest absolute Gasteiger partial charge is 0.462 e. The predicted octanol–water partition coefficient (Wildman–Crippen LogP) is 12.8. The first-order chi connectivity index (χ1) is 26.3. The number of nitrogens with two attached hydrogens (primary N) is 1. The summed E-state index contributed by atoms with van der Waals surface area (Å²) in [5, 5.41) is 0. The van der Waals surface area contributed by atoms with Crippen LogP contribution in [0.25, 0.3) is 0 Å². The Bertz CT molecular complexity index is 944. The Morgan fingerprint density at radius 1 is 0.537 bits per heavy atom. The van der Waals surface area contributed by atoms with Crippen molar-refractivity contribution in [1.29, 1.82) is 0 Å². The second-order valence-electron chi connectivity index (χ2n) is 14.9. The van der Waals surface area contributed by atoms with Gasteiger partial charge in [0.1, 0.15) is 6.61 Å². The second-order valence-corrected chi connectivity index (χ2v) is 16.4. The highest BCUT2D eigenvalue weighted by molar-refractivity contribution is 7.47. The van der Waals surface area contributed by atoms with Gasteiger partial charge in [-0.05, 0) is 90.0 Å². The summed E-state index contributed by atoms with van der Waals surface area (Å²) in [6.07, 6.45) is 41.4. The predicted molar refractivity (Wildman–Crippen MR) is 224 cm³/mol. The number of unbranched alkanes of at least 4 members (excludes halogenated alkanes) is 24. The zero-order chi connectivity index (χ0) is 39.6. The number of phosphoric ester groups is 1. The van der Waals surface area contributed by atoms with Gasteiger partial charge >= 0.3 is 19.8 Å². The monoisotopic (exact) mass is 786 g/mol. The molecule has 2 atom stereocenters. The van der Waals surface area contributed by atoms with Crippen molar-refractivity contribution in [2.24, 2.45) is 5.73 Å². The van der Waals surface area contributed by atoms with Crippen molar-refractivity contribution in [3.63, 3.8) is 0 Å². The highest BCUT2D eigenvalue weighted by Gasteiger charge is 2.26. The van der Waals surface area contributed by atoms with Crippen LogP contribution < -0.4 is 5.73 Å². The maximum absolute atomic E-state index is 12.7. The van der Waals surface area contributed by atoms with Gasteiger partial charge in [0, 0.05) is 12.8 Å². The van der Waals surface area contributed by atoms with Crippen molar-refractivity contribution in [3.05, 3.63) is 24.3 Å². The van der Waals surface area contributed by atoms with E-state index in [9.17, 15) is 19.0 Å². The van der Waals surface area contributed by atoms with Gasteiger partial charge in [-0.1, -0.05) is 141 Å². The van der Waals surface area contributed by atoms with Crippen molar-refractivity contribution >= 4 is 19.8 Å². The molecule has 0 saturated carbocycles. The summed E-state index contributed by atoms with van der Waals surface area (Å²) in [6, 6.07) is 0. The van der Waals surface area contributed by atoms with E-state index >= 15 is 0 Å². The van der Waals surface area contributed by atoms with Gasteiger partial charge in [-0.15, -0.1) is 0 Å². The summed E-state index contributed by atoms with van der Waals surface area (Å²) < 4.78 is 33.5. The highest BCUT2D eigenvalue weighted by Crippen LogP contribution is 2.43. The maximum atomic E-state index is 12.7. The van der Waals surface area contributed by atoms with Crippen LogP contribution in [0.5, 0.6) is 0 Å². The van der Waals surface area contributed by atoms with E-state index in [1.54, 1.807) is 0 Å². The molecule has 0 spiro atoms. The van der Waals surface area contributed by atoms with E-state index in [4.69, 9.17) is 24.3 Å². The van der Waals surface area contributed by atoms with E-state index in [1.165, 1.54) is 89.9 Å². The fourth-order valence-corrected chi connectivity index (χ4v) is 6.91. The third-order valence-electron chi connectivity index (χ3n) is 9.54. The van der Waals surface area contributed by atoms with Crippen LogP contribution in [0.3, 0.4) is 0 Å². The Hall–Kier alpha value is -1.51. The van der Waals surface area contributed by atoms with E-state index in [2.05, 4.69) is 38.2 Å². The molecule has 0 saturated heterocycles. The third kappa shape index (κ3) is 40.2. The molecule has 0 aromatic rings. The maximum Gasteiger partial charge on any atom is 0.472 e. The van der Waals surface area contributed by atoms with Gasteiger partial charge in [0.15, 0.2) is 6.10 Å². The van der Waals surface area contributed by atoms with Crippen molar-refractivity contribution in [2.45, 2.75) is 219 Å². The Kier molecular flexibility index (Phi) is 40.0. The molecule has 0 aliphatic carbocycles. The van der Waals surface area contributed by atoms with Crippen LogP contribution in [-0.2, 0) is 32.7 Å². The molecular formula is C44H84NO8P. The standard InChI is InChI=1S/C44H84NO8P/c1-3-5-7-9-11-13-15-17-19-21-23-25-27-29-32-36-43(46)50-40-42(41-52-54(48,49)51-39-35-31-34-38-45)53-44(47)37-33-30-28-26-24-22-20-18-16-14-12-10-8-6-4-2/h17-20,42H,3-16,21-41,45H2,1-2H3,(H,48,49)/b19-17-,20-18-. The number of carbonyl (C=O) groups excluding carboxylic acids is 2. The molecule has 10 heteroatoms. The lowest BCUT2D eigenvalue weighted by Crippen LogP contribution is -2.29. The number of rotatable bonds is 42. The van der Waals surface area contributed by atoms with E-state index < -0.39 is 26.5 Å². The van der Waals surface area contributed by atoms with E-state index in [-0.39, 0.29) is 32.0 Å². The van der Waals surface area contributed by atoms with Gasteiger partial charge < -0.3 is 20.1 Å². The molecule has 54 heavy (non-hydrogen) atoms. The van der Waals surface area contributed by atoms with Crippen LogP contribution in [0, 0.1) is 0 Å². The molecule has 0 fully saturated rings. The number of carbonyl (C=O) groups is 2. The summed E-state index contributed by atoms with van der Waals surface area (Å²) in [6.45, 7) is 4.46. The van der Waals surface area contributed by atoms with Gasteiger partial charge in [0.2, 0.25) is 0 Å². The lowest BCUT2D eigenvalue weighted by Gasteiger charge is -2.20. The zero-order valence-corrected chi connectivity index (χ0v) is 35.9. The highest BCUT2D eigenvalue weighted by atomic mass is 31.2. The summed E-state index contributed by atoms with van der Waals surface area (Å²) in [7, 11) is -4.36. The molecule has 0 aliphatic heterocycles. The molecule has 0 amide bonds. The number of ether oxygens (including phenoxy) is 2. The van der Waals surface area contributed by atoms with Crippen LogP contribution in [-0.4, -0.2) is 49.3 Å². The summed E-state index contributed by atoms with van der Waals surface area (Å²) in [4.78, 5) is 35.2. The van der Waals surface area contributed by atoms with Crippen molar-refractivity contribution < 1.29 is 37.6 Å². The zero-order valence-electron chi connectivity index (χ0n) is 35.0. The topological polar surface area (TPSA) is 134 Å². The molecule has 0 bridgehead atoms. The van der Waals surface area contributed by atoms with Crippen LogP contribution in [0.1, 0.15) is 213 Å². The first kappa shape index (κ1) is 52.5. The van der Waals surface area contributed by atoms with E-state index in [0.29, 0.717) is 19.4 Å². The normalized spacial score (nSPS) is 13.5. The average molecular weight is 786 g/mol. The number of hydrogen-bond donors (Lipinski definition) is 2. The lowest BCUT2D eigenvalue weighted by atomic mass is 10.1. The Balaban J connectivity index is 4.35. The fourth-order valence-electron chi connectivity index (χ4n) is 6.12. The number of esters is 2. The quantitative estimate of drug-likeness (QED) is 0.0268. The molecule has 3 N–H and O–H groups in total.